The molecule has 0 spiro atoms. The first-order chi connectivity index (χ1) is 19.0. The second-order valence-corrected chi connectivity index (χ2v) is 9.12. The molecule has 4 aromatic rings. The monoisotopic (exact) mass is 526 g/mol. The Hall–Kier alpha value is -4.90. The Bertz CT molecular complexity index is 1560. The van der Waals surface area contributed by atoms with Crippen LogP contribution in [-0.4, -0.2) is 50.5 Å². The van der Waals surface area contributed by atoms with Gasteiger partial charge in [-0.2, -0.15) is 0 Å². The second-order valence-electron chi connectivity index (χ2n) is 9.12. The largest absolute Gasteiger partial charge is 0.473 e. The van der Waals surface area contributed by atoms with Crippen LogP contribution in [-0.2, 0) is 13.6 Å². The van der Waals surface area contributed by atoms with Gasteiger partial charge in [0.2, 0.25) is 6.33 Å². The fraction of sp³-hybridized carbons (Fsp3) is 0.214. The minimum atomic E-state index is -0.141. The van der Waals surface area contributed by atoms with Gasteiger partial charge in [0.05, 0.1) is 48.5 Å². The zero-order chi connectivity index (χ0) is 27.2. The number of nitrogens with zero attached hydrogens (tertiary/aromatic N) is 5. The number of hydrogen-bond acceptors (Lipinski definition) is 8. The van der Waals surface area contributed by atoms with E-state index in [-0.39, 0.29) is 18.9 Å². The number of fused-ring (bicyclic) bond motifs is 1. The topological polar surface area (TPSA) is 142 Å². The average molecular weight is 527 g/mol. The minimum absolute atomic E-state index is 0.0944. The van der Waals surface area contributed by atoms with E-state index in [2.05, 4.69) is 32.8 Å². The molecule has 11 heteroatoms. The molecule has 0 saturated heterocycles. The molecule has 0 amide bonds. The number of aliphatic imine (C=N–C) groups is 1. The van der Waals surface area contributed by atoms with Crippen molar-refractivity contribution in [1.29, 1.82) is 5.41 Å². The van der Waals surface area contributed by atoms with Gasteiger partial charge in [-0.25, -0.2) is 18.6 Å². The molecule has 200 valence electrons. The molecular weight excluding hydrogens is 494 g/mol. The maximum atomic E-state index is 9.20. The van der Waals surface area contributed by atoms with Crippen LogP contribution in [0.25, 0.3) is 5.52 Å². The van der Waals surface area contributed by atoms with Crippen molar-refractivity contribution in [2.45, 2.75) is 13.0 Å². The molecular formula is C28H32N9O2+. The SMILES string of the molecule is C[n+]1ccn(CCCNc2ccc(NC3=C/C(=N/c4c(OCCO)nn5ccccc45)C(N)=CC3=N)cc2)c1. The third-order valence-electron chi connectivity index (χ3n) is 6.12. The first-order valence-electron chi connectivity index (χ1n) is 12.7. The molecule has 1 aliphatic carbocycles. The van der Waals surface area contributed by atoms with Gasteiger partial charge in [0.1, 0.15) is 19.0 Å². The van der Waals surface area contributed by atoms with E-state index in [1.165, 1.54) is 0 Å². The molecule has 1 aliphatic rings. The molecule has 0 aliphatic heterocycles. The summed E-state index contributed by atoms with van der Waals surface area (Å²) in [6.07, 6.45) is 12.3. The highest BCUT2D eigenvalue weighted by molar-refractivity contribution is 6.24. The highest BCUT2D eigenvalue weighted by atomic mass is 16.5. The summed E-state index contributed by atoms with van der Waals surface area (Å²) in [4.78, 5) is 4.75. The van der Waals surface area contributed by atoms with Gasteiger partial charge in [-0.15, -0.1) is 5.10 Å². The van der Waals surface area contributed by atoms with Crippen LogP contribution >= 0.6 is 0 Å². The third kappa shape index (κ3) is 6.16. The van der Waals surface area contributed by atoms with Crippen molar-refractivity contribution in [2.24, 2.45) is 17.8 Å². The van der Waals surface area contributed by atoms with Crippen molar-refractivity contribution in [3.8, 4) is 5.88 Å². The van der Waals surface area contributed by atoms with E-state index in [0.29, 0.717) is 28.7 Å². The van der Waals surface area contributed by atoms with Gasteiger partial charge in [0.25, 0.3) is 5.88 Å². The number of benzene rings is 1. The molecule has 0 fully saturated rings. The number of ether oxygens (including phenoxy) is 1. The number of aliphatic hydroxyl groups is 1. The van der Waals surface area contributed by atoms with Gasteiger partial charge in [0, 0.05) is 30.5 Å². The Morgan fingerprint density at radius 1 is 1.13 bits per heavy atom. The van der Waals surface area contributed by atoms with E-state index in [1.54, 1.807) is 22.9 Å². The number of imidazole rings is 1. The Labute approximate surface area is 226 Å². The standard InChI is InChI=1S/C28H32N9O2/c1-35-13-14-36(19-35)11-4-10-31-20-6-8-21(9-7-20)32-24-18-25(23(30)17-22(24)29)33-27-26-5-2-3-12-37(26)34-28(27)39-16-15-38/h2-3,5-9,12-14,17-19,29,31-32,38H,4,10-11,15-16,30H2,1H3/q+1/b29-22?,33-25-. The Kier molecular flexibility index (Phi) is 7.69. The molecule has 11 nitrogen and oxygen atoms in total. The number of allylic oxidation sites excluding steroid dienone is 2. The molecule has 3 aromatic heterocycles. The van der Waals surface area contributed by atoms with Crippen LogP contribution in [0, 0.1) is 5.41 Å². The fourth-order valence-electron chi connectivity index (χ4n) is 4.19. The predicted molar refractivity (Wildman–Crippen MR) is 152 cm³/mol. The molecule has 1 aromatic carbocycles. The number of nitrogens with two attached hydrogens (primary N) is 1. The van der Waals surface area contributed by atoms with Crippen molar-refractivity contribution in [3.05, 3.63) is 90.9 Å². The van der Waals surface area contributed by atoms with E-state index in [4.69, 9.17) is 20.9 Å². The minimum Gasteiger partial charge on any atom is -0.473 e. The summed E-state index contributed by atoms with van der Waals surface area (Å²) in [5.41, 5.74) is 11.0. The number of hydrogen-bond donors (Lipinski definition) is 5. The Balaban J connectivity index is 1.28. The zero-order valence-electron chi connectivity index (χ0n) is 21.7. The van der Waals surface area contributed by atoms with Crippen LogP contribution in [0.2, 0.25) is 0 Å². The van der Waals surface area contributed by atoms with Gasteiger partial charge in [-0.1, -0.05) is 6.07 Å². The molecule has 0 unspecified atom stereocenters. The average Bonchev–Trinajstić information content (AvgIpc) is 3.51. The summed E-state index contributed by atoms with van der Waals surface area (Å²) >= 11 is 0. The number of pyridine rings is 1. The third-order valence-corrected chi connectivity index (χ3v) is 6.12. The second kappa shape index (κ2) is 11.7. The van der Waals surface area contributed by atoms with Gasteiger partial charge >= 0.3 is 0 Å². The predicted octanol–water partition coefficient (Wildman–Crippen LogP) is 2.78. The maximum absolute atomic E-state index is 9.20. The summed E-state index contributed by atoms with van der Waals surface area (Å²) in [5, 5.41) is 28.8. The Morgan fingerprint density at radius 2 is 1.95 bits per heavy atom. The first kappa shape index (κ1) is 25.7. The van der Waals surface area contributed by atoms with E-state index in [0.717, 1.165) is 36.4 Å². The van der Waals surface area contributed by atoms with Crippen LogP contribution in [0.3, 0.4) is 0 Å². The number of nitrogens with one attached hydrogen (secondary N) is 3. The summed E-state index contributed by atoms with van der Waals surface area (Å²) < 4.78 is 11.5. The summed E-state index contributed by atoms with van der Waals surface area (Å²) in [6, 6.07) is 13.6. The summed E-state index contributed by atoms with van der Waals surface area (Å²) in [7, 11) is 2.02. The van der Waals surface area contributed by atoms with E-state index in [1.807, 2.05) is 60.3 Å². The summed E-state index contributed by atoms with van der Waals surface area (Å²) in [5.74, 6) is 0.296. The zero-order valence-corrected chi connectivity index (χ0v) is 21.7. The lowest BCUT2D eigenvalue weighted by atomic mass is 10.0. The van der Waals surface area contributed by atoms with Crippen molar-refractivity contribution >= 4 is 34.0 Å². The van der Waals surface area contributed by atoms with Gasteiger partial charge in [-0.05, 0) is 48.6 Å². The van der Waals surface area contributed by atoms with Crippen LogP contribution in [0.4, 0.5) is 17.1 Å². The van der Waals surface area contributed by atoms with Crippen molar-refractivity contribution in [3.63, 3.8) is 0 Å². The van der Waals surface area contributed by atoms with Crippen molar-refractivity contribution in [2.75, 3.05) is 30.4 Å². The highest BCUT2D eigenvalue weighted by Crippen LogP contribution is 2.33. The van der Waals surface area contributed by atoms with Crippen LogP contribution in [0.1, 0.15) is 6.42 Å². The highest BCUT2D eigenvalue weighted by Gasteiger charge is 2.19. The molecule has 0 bridgehead atoms. The lowest BCUT2D eigenvalue weighted by Gasteiger charge is -2.17. The quantitative estimate of drug-likeness (QED) is 0.116. The first-order valence-corrected chi connectivity index (χ1v) is 12.7. The fourth-order valence-corrected chi connectivity index (χ4v) is 4.19. The van der Waals surface area contributed by atoms with Crippen LogP contribution in [0.15, 0.2) is 95.9 Å². The maximum Gasteiger partial charge on any atom is 0.260 e. The lowest BCUT2D eigenvalue weighted by Crippen LogP contribution is -2.23. The smallest absolute Gasteiger partial charge is 0.260 e. The van der Waals surface area contributed by atoms with Gasteiger partial charge in [-0.3, -0.25) is 5.41 Å². The normalized spacial score (nSPS) is 14.4. The molecule has 0 radical (unpaired) electrons. The van der Waals surface area contributed by atoms with Gasteiger partial charge in [0.15, 0.2) is 5.69 Å². The number of anilines is 2. The number of rotatable bonds is 11. The van der Waals surface area contributed by atoms with Gasteiger partial charge < -0.3 is 26.2 Å². The van der Waals surface area contributed by atoms with Crippen LogP contribution < -0.4 is 25.7 Å². The number of aliphatic hydroxyl groups excluding tert-OH is 1. The van der Waals surface area contributed by atoms with E-state index < -0.39 is 0 Å². The van der Waals surface area contributed by atoms with Crippen molar-refractivity contribution in [1.82, 2.24) is 14.2 Å². The number of aryl methyl sites for hydroxylation is 2. The molecule has 3 heterocycles. The molecule has 0 saturated carbocycles. The van der Waals surface area contributed by atoms with Crippen molar-refractivity contribution < 1.29 is 14.4 Å². The number of aromatic nitrogens is 4. The van der Waals surface area contributed by atoms with Crippen LogP contribution in [0.5, 0.6) is 5.88 Å². The van der Waals surface area contributed by atoms with E-state index >= 15 is 0 Å². The lowest BCUT2D eigenvalue weighted by molar-refractivity contribution is -0.671. The Morgan fingerprint density at radius 3 is 2.72 bits per heavy atom. The molecule has 0 atom stereocenters. The molecule has 5 rings (SSSR count). The molecule has 6 N–H and O–H groups in total. The summed E-state index contributed by atoms with van der Waals surface area (Å²) in [6.45, 7) is 1.77. The van der Waals surface area contributed by atoms with E-state index in [9.17, 15) is 5.11 Å². The molecule has 39 heavy (non-hydrogen) atoms.